The molecular formula is C13H25ClN2O. The van der Waals surface area contributed by atoms with Gasteiger partial charge in [0.05, 0.1) is 5.54 Å². The molecule has 0 aromatic heterocycles. The number of carbonyl (C=O) groups is 1. The molecule has 3 N–H and O–H groups in total. The zero-order chi connectivity index (χ0) is 11.4. The standard InChI is InChI=1S/C13H24N2O.ClH/c14-13(9-6-10-13)12(16)15-11-7-4-2-1-3-5-8-11;/h11H,1-10,14H2,(H,15,16);1H. The second-order valence-electron chi connectivity index (χ2n) is 5.53. The Morgan fingerprint density at radius 3 is 2.00 bits per heavy atom. The molecule has 100 valence electrons. The van der Waals surface area contributed by atoms with Crippen LogP contribution in [-0.2, 0) is 4.79 Å². The Balaban J connectivity index is 0.00000144. The molecule has 1 amide bonds. The molecule has 2 fully saturated rings. The Hall–Kier alpha value is -0.280. The van der Waals surface area contributed by atoms with Crippen LogP contribution in [0.5, 0.6) is 0 Å². The van der Waals surface area contributed by atoms with Crippen molar-refractivity contribution in [3.8, 4) is 0 Å². The number of halogens is 1. The van der Waals surface area contributed by atoms with E-state index in [1.165, 1.54) is 32.1 Å². The fraction of sp³-hybridized carbons (Fsp3) is 0.923. The van der Waals surface area contributed by atoms with Crippen LogP contribution in [0.25, 0.3) is 0 Å². The van der Waals surface area contributed by atoms with Crippen LogP contribution in [0.4, 0.5) is 0 Å². The van der Waals surface area contributed by atoms with Gasteiger partial charge in [-0.3, -0.25) is 4.79 Å². The van der Waals surface area contributed by atoms with Crippen LogP contribution >= 0.6 is 12.4 Å². The monoisotopic (exact) mass is 260 g/mol. The predicted octanol–water partition coefficient (Wildman–Crippen LogP) is 2.52. The minimum atomic E-state index is -0.525. The lowest BCUT2D eigenvalue weighted by Crippen LogP contribution is -2.60. The van der Waals surface area contributed by atoms with Gasteiger partial charge >= 0.3 is 0 Å². The molecule has 3 nitrogen and oxygen atoms in total. The molecule has 0 unspecified atom stereocenters. The molecule has 2 rings (SSSR count). The summed E-state index contributed by atoms with van der Waals surface area (Å²) < 4.78 is 0. The van der Waals surface area contributed by atoms with Crippen LogP contribution < -0.4 is 11.1 Å². The van der Waals surface area contributed by atoms with E-state index in [0.717, 1.165) is 32.1 Å². The molecule has 17 heavy (non-hydrogen) atoms. The molecular weight excluding hydrogens is 236 g/mol. The van der Waals surface area contributed by atoms with Crippen molar-refractivity contribution in [2.45, 2.75) is 75.8 Å². The summed E-state index contributed by atoms with van der Waals surface area (Å²) in [6.07, 6.45) is 11.6. The maximum atomic E-state index is 12.0. The van der Waals surface area contributed by atoms with Crippen molar-refractivity contribution < 1.29 is 4.79 Å². The summed E-state index contributed by atoms with van der Waals surface area (Å²) in [5, 5.41) is 3.17. The highest BCUT2D eigenvalue weighted by molar-refractivity contribution is 5.87. The Labute approximate surface area is 110 Å². The van der Waals surface area contributed by atoms with Gasteiger partial charge in [-0.15, -0.1) is 12.4 Å². The zero-order valence-electron chi connectivity index (χ0n) is 10.5. The quantitative estimate of drug-likeness (QED) is 0.802. The van der Waals surface area contributed by atoms with Crippen LogP contribution in [0.1, 0.15) is 64.2 Å². The molecule has 0 aromatic rings. The summed E-state index contributed by atoms with van der Waals surface area (Å²) in [6, 6.07) is 0.383. The van der Waals surface area contributed by atoms with E-state index in [9.17, 15) is 4.79 Å². The van der Waals surface area contributed by atoms with Gasteiger partial charge in [0.2, 0.25) is 5.91 Å². The first kappa shape index (κ1) is 14.8. The van der Waals surface area contributed by atoms with E-state index in [4.69, 9.17) is 5.73 Å². The number of nitrogens with one attached hydrogen (secondary N) is 1. The van der Waals surface area contributed by atoms with Crippen molar-refractivity contribution in [1.29, 1.82) is 0 Å². The molecule has 0 heterocycles. The molecule has 0 aliphatic heterocycles. The van der Waals surface area contributed by atoms with E-state index in [1.807, 2.05) is 0 Å². The van der Waals surface area contributed by atoms with Crippen LogP contribution in [-0.4, -0.2) is 17.5 Å². The van der Waals surface area contributed by atoms with E-state index in [-0.39, 0.29) is 18.3 Å². The minimum Gasteiger partial charge on any atom is -0.352 e. The molecule has 0 spiro atoms. The lowest BCUT2D eigenvalue weighted by molar-refractivity contribution is -0.130. The first-order chi connectivity index (χ1) is 7.71. The summed E-state index contributed by atoms with van der Waals surface area (Å²) in [4.78, 5) is 12.0. The largest absolute Gasteiger partial charge is 0.352 e. The van der Waals surface area contributed by atoms with Gasteiger partial charge in [-0.2, -0.15) is 0 Å². The summed E-state index contributed by atoms with van der Waals surface area (Å²) in [6.45, 7) is 0. The van der Waals surface area contributed by atoms with Gasteiger partial charge < -0.3 is 11.1 Å². The molecule has 2 aliphatic carbocycles. The van der Waals surface area contributed by atoms with Gasteiger partial charge in [-0.05, 0) is 32.1 Å². The average Bonchev–Trinajstić information content (AvgIpc) is 2.18. The summed E-state index contributed by atoms with van der Waals surface area (Å²) in [7, 11) is 0. The smallest absolute Gasteiger partial charge is 0.240 e. The van der Waals surface area contributed by atoms with Gasteiger partial charge in [0, 0.05) is 6.04 Å². The van der Waals surface area contributed by atoms with Crippen LogP contribution in [0.15, 0.2) is 0 Å². The first-order valence-corrected chi connectivity index (χ1v) is 6.81. The van der Waals surface area contributed by atoms with Gasteiger partial charge in [0.1, 0.15) is 0 Å². The second-order valence-corrected chi connectivity index (χ2v) is 5.53. The van der Waals surface area contributed by atoms with Crippen molar-refractivity contribution in [2.24, 2.45) is 5.73 Å². The third kappa shape index (κ3) is 3.85. The van der Waals surface area contributed by atoms with Gasteiger partial charge in [-0.25, -0.2) is 0 Å². The van der Waals surface area contributed by atoms with Crippen LogP contribution in [0, 0.1) is 0 Å². The van der Waals surface area contributed by atoms with Crippen molar-refractivity contribution in [3.63, 3.8) is 0 Å². The van der Waals surface area contributed by atoms with Crippen molar-refractivity contribution in [2.75, 3.05) is 0 Å². The number of hydrogen-bond acceptors (Lipinski definition) is 2. The summed E-state index contributed by atoms with van der Waals surface area (Å²) >= 11 is 0. The van der Waals surface area contributed by atoms with Crippen molar-refractivity contribution in [1.82, 2.24) is 5.32 Å². The van der Waals surface area contributed by atoms with Gasteiger partial charge in [0.15, 0.2) is 0 Å². The number of hydrogen-bond donors (Lipinski definition) is 2. The molecule has 2 saturated carbocycles. The lowest BCUT2D eigenvalue weighted by atomic mass is 9.76. The Kier molecular flexibility index (Phi) is 5.74. The topological polar surface area (TPSA) is 55.1 Å². The molecule has 4 heteroatoms. The molecule has 0 bridgehead atoms. The van der Waals surface area contributed by atoms with Crippen molar-refractivity contribution in [3.05, 3.63) is 0 Å². The molecule has 0 atom stereocenters. The minimum absolute atomic E-state index is 0. The highest BCUT2D eigenvalue weighted by atomic mass is 35.5. The molecule has 0 radical (unpaired) electrons. The average molecular weight is 261 g/mol. The second kappa shape index (κ2) is 6.60. The fourth-order valence-corrected chi connectivity index (χ4v) is 2.71. The Morgan fingerprint density at radius 1 is 1.00 bits per heavy atom. The van der Waals surface area contributed by atoms with E-state index in [2.05, 4.69) is 5.32 Å². The highest BCUT2D eigenvalue weighted by Crippen LogP contribution is 2.29. The zero-order valence-corrected chi connectivity index (χ0v) is 11.4. The predicted molar refractivity (Wildman–Crippen MR) is 72.3 cm³/mol. The van der Waals surface area contributed by atoms with E-state index >= 15 is 0 Å². The van der Waals surface area contributed by atoms with Gasteiger partial charge in [-0.1, -0.05) is 32.1 Å². The Bertz CT molecular complexity index is 246. The number of nitrogens with two attached hydrogens (primary N) is 1. The number of rotatable bonds is 2. The highest BCUT2D eigenvalue weighted by Gasteiger charge is 2.40. The third-order valence-electron chi connectivity index (χ3n) is 4.14. The van der Waals surface area contributed by atoms with Crippen LogP contribution in [0.3, 0.4) is 0 Å². The maximum Gasteiger partial charge on any atom is 0.240 e. The van der Waals surface area contributed by atoms with Crippen LogP contribution in [0.2, 0.25) is 0 Å². The normalized spacial score (nSPS) is 24.8. The SMILES string of the molecule is Cl.NC1(C(=O)NC2CCCCCCC2)CCC1. The van der Waals surface area contributed by atoms with E-state index in [1.54, 1.807) is 0 Å². The third-order valence-corrected chi connectivity index (χ3v) is 4.14. The van der Waals surface area contributed by atoms with Crippen molar-refractivity contribution >= 4 is 18.3 Å². The van der Waals surface area contributed by atoms with E-state index in [0.29, 0.717) is 6.04 Å². The number of carbonyl (C=O) groups excluding carboxylic acids is 1. The Morgan fingerprint density at radius 2 is 1.53 bits per heavy atom. The summed E-state index contributed by atoms with van der Waals surface area (Å²) in [5.41, 5.74) is 5.50. The fourth-order valence-electron chi connectivity index (χ4n) is 2.71. The lowest BCUT2D eigenvalue weighted by Gasteiger charge is -2.37. The molecule has 2 aliphatic rings. The van der Waals surface area contributed by atoms with Gasteiger partial charge in [0.25, 0.3) is 0 Å². The summed E-state index contributed by atoms with van der Waals surface area (Å²) in [5.74, 6) is 0.101. The van der Waals surface area contributed by atoms with E-state index < -0.39 is 5.54 Å². The maximum absolute atomic E-state index is 12.0. The number of amides is 1. The molecule has 0 saturated heterocycles. The molecule has 0 aromatic carbocycles. The first-order valence-electron chi connectivity index (χ1n) is 6.81.